The Morgan fingerprint density at radius 1 is 1.38 bits per heavy atom. The molecule has 0 unspecified atom stereocenters. The molecule has 0 bridgehead atoms. The van der Waals surface area contributed by atoms with Crippen molar-refractivity contribution in [2.75, 3.05) is 23.4 Å². The van der Waals surface area contributed by atoms with E-state index in [1.807, 2.05) is 11.8 Å². The smallest absolute Gasteiger partial charge is 0.369 e. The number of hydrogen-bond donors (Lipinski definition) is 2. The first-order valence-electron chi connectivity index (χ1n) is 6.57. The number of rotatable bonds is 4. The summed E-state index contributed by atoms with van der Waals surface area (Å²) in [5.74, 6) is 1.59. The van der Waals surface area contributed by atoms with Crippen LogP contribution in [0, 0.1) is 5.92 Å². The number of primary amides is 1. The van der Waals surface area contributed by atoms with Gasteiger partial charge in [0.05, 0.1) is 5.56 Å². The fourth-order valence-electron chi connectivity index (χ4n) is 2.14. The number of hydrogen-bond acceptors (Lipinski definition) is 4. The van der Waals surface area contributed by atoms with E-state index in [9.17, 15) is 18.0 Å². The topological polar surface area (TPSA) is 68.0 Å². The molecule has 4 nitrogen and oxygen atoms in total. The molecule has 1 aliphatic rings. The number of nitrogens with zero attached hydrogens (tertiary/aromatic N) is 1. The third-order valence-corrected chi connectivity index (χ3v) is 4.40. The van der Waals surface area contributed by atoms with E-state index in [2.05, 4.69) is 10.3 Å². The highest BCUT2D eigenvalue weighted by molar-refractivity contribution is 7.99. The lowest BCUT2D eigenvalue weighted by Crippen LogP contribution is -2.23. The molecule has 0 aromatic carbocycles. The van der Waals surface area contributed by atoms with Crippen LogP contribution < -0.4 is 11.1 Å². The van der Waals surface area contributed by atoms with Gasteiger partial charge in [-0.15, -0.1) is 0 Å². The van der Waals surface area contributed by atoms with Crippen molar-refractivity contribution in [3.05, 3.63) is 23.4 Å². The van der Waals surface area contributed by atoms with Gasteiger partial charge in [0, 0.05) is 6.54 Å². The Morgan fingerprint density at radius 2 is 2.05 bits per heavy atom. The third-order valence-electron chi connectivity index (χ3n) is 3.35. The van der Waals surface area contributed by atoms with Crippen LogP contribution in [0.1, 0.15) is 28.9 Å². The largest absolute Gasteiger partial charge is 0.433 e. The Morgan fingerprint density at radius 3 is 2.62 bits per heavy atom. The van der Waals surface area contributed by atoms with Crippen molar-refractivity contribution >= 4 is 23.5 Å². The van der Waals surface area contributed by atoms with Crippen LogP contribution >= 0.6 is 11.8 Å². The Bertz CT molecular complexity index is 516. The van der Waals surface area contributed by atoms with Gasteiger partial charge < -0.3 is 11.1 Å². The molecule has 21 heavy (non-hydrogen) atoms. The van der Waals surface area contributed by atoms with Gasteiger partial charge in [-0.1, -0.05) is 0 Å². The van der Waals surface area contributed by atoms with Crippen LogP contribution in [0.25, 0.3) is 0 Å². The third kappa shape index (κ3) is 4.26. The van der Waals surface area contributed by atoms with Crippen LogP contribution in [0.5, 0.6) is 0 Å². The number of aromatic nitrogens is 1. The molecule has 1 amide bonds. The zero-order valence-corrected chi connectivity index (χ0v) is 12.1. The first-order valence-corrected chi connectivity index (χ1v) is 7.73. The SMILES string of the molecule is NC(=O)c1ccc(C(F)(F)F)nc1NCC1CCSCC1. The molecule has 1 fully saturated rings. The van der Waals surface area contributed by atoms with Crippen molar-refractivity contribution in [2.45, 2.75) is 19.0 Å². The zero-order valence-electron chi connectivity index (χ0n) is 11.2. The highest BCUT2D eigenvalue weighted by atomic mass is 32.2. The number of anilines is 1. The molecule has 1 aromatic rings. The number of pyridine rings is 1. The molecule has 3 N–H and O–H groups in total. The molecule has 116 valence electrons. The number of halogens is 3. The maximum Gasteiger partial charge on any atom is 0.433 e. The quantitative estimate of drug-likeness (QED) is 0.895. The Balaban J connectivity index is 2.16. The summed E-state index contributed by atoms with van der Waals surface area (Å²) in [5.41, 5.74) is 4.13. The van der Waals surface area contributed by atoms with Crippen LogP contribution in [0.2, 0.25) is 0 Å². The summed E-state index contributed by atoms with van der Waals surface area (Å²) in [6.45, 7) is 0.495. The Hall–Kier alpha value is -1.44. The molecule has 1 aliphatic heterocycles. The molecule has 1 saturated heterocycles. The predicted molar refractivity (Wildman–Crippen MR) is 76.3 cm³/mol. The van der Waals surface area contributed by atoms with Gasteiger partial charge in [-0.2, -0.15) is 24.9 Å². The molecule has 1 aromatic heterocycles. The number of nitrogens with two attached hydrogens (primary N) is 1. The summed E-state index contributed by atoms with van der Waals surface area (Å²) in [6.07, 6.45) is -2.54. The van der Waals surface area contributed by atoms with Gasteiger partial charge in [0.2, 0.25) is 0 Å². The number of amides is 1. The standard InChI is InChI=1S/C13H16F3N3OS/c14-13(15,16)10-2-1-9(11(17)20)12(19-10)18-7-8-3-5-21-6-4-8/h1-2,8H,3-7H2,(H2,17,20)(H,18,19). The highest BCUT2D eigenvalue weighted by Crippen LogP contribution is 2.30. The maximum absolute atomic E-state index is 12.7. The van der Waals surface area contributed by atoms with Gasteiger partial charge in [-0.3, -0.25) is 4.79 Å². The van der Waals surface area contributed by atoms with Gasteiger partial charge in [0.1, 0.15) is 11.5 Å². The van der Waals surface area contributed by atoms with E-state index in [1.165, 1.54) is 0 Å². The molecule has 0 atom stereocenters. The number of alkyl halides is 3. The van der Waals surface area contributed by atoms with E-state index in [-0.39, 0.29) is 11.4 Å². The summed E-state index contributed by atoms with van der Waals surface area (Å²) >= 11 is 1.87. The van der Waals surface area contributed by atoms with Crippen LogP contribution in [0.4, 0.5) is 19.0 Å². The summed E-state index contributed by atoms with van der Waals surface area (Å²) in [6, 6.07) is 1.83. The molecule has 2 heterocycles. The minimum atomic E-state index is -4.55. The average Bonchev–Trinajstić information content (AvgIpc) is 2.45. The molecular formula is C13H16F3N3OS. The molecule has 8 heteroatoms. The Labute approximate surface area is 124 Å². The summed E-state index contributed by atoms with van der Waals surface area (Å²) in [7, 11) is 0. The summed E-state index contributed by atoms with van der Waals surface area (Å²) < 4.78 is 38.1. The molecular weight excluding hydrogens is 303 g/mol. The average molecular weight is 319 g/mol. The lowest BCUT2D eigenvalue weighted by Gasteiger charge is -2.22. The second-order valence-electron chi connectivity index (χ2n) is 4.89. The van der Waals surface area contributed by atoms with E-state index in [4.69, 9.17) is 5.73 Å². The lowest BCUT2D eigenvalue weighted by atomic mass is 10.0. The first-order chi connectivity index (χ1) is 9.88. The van der Waals surface area contributed by atoms with E-state index in [1.54, 1.807) is 0 Å². The Kier molecular flexibility index (Phi) is 4.97. The van der Waals surface area contributed by atoms with Crippen LogP contribution in [-0.4, -0.2) is 28.9 Å². The monoisotopic (exact) mass is 319 g/mol. The molecule has 0 spiro atoms. The van der Waals surface area contributed by atoms with E-state index in [0.29, 0.717) is 12.5 Å². The highest BCUT2D eigenvalue weighted by Gasteiger charge is 2.33. The van der Waals surface area contributed by atoms with Crippen molar-refractivity contribution in [3.8, 4) is 0 Å². The van der Waals surface area contributed by atoms with Gasteiger partial charge in [-0.05, 0) is 42.4 Å². The van der Waals surface area contributed by atoms with Gasteiger partial charge in [0.25, 0.3) is 5.91 Å². The van der Waals surface area contributed by atoms with Crippen molar-refractivity contribution in [3.63, 3.8) is 0 Å². The van der Waals surface area contributed by atoms with Crippen molar-refractivity contribution in [1.29, 1.82) is 0 Å². The fraction of sp³-hybridized carbons (Fsp3) is 0.538. The minimum Gasteiger partial charge on any atom is -0.369 e. The second kappa shape index (κ2) is 6.55. The number of thioether (sulfide) groups is 1. The number of carbonyl (C=O) groups is 1. The molecule has 0 radical (unpaired) electrons. The first kappa shape index (κ1) is 15.9. The van der Waals surface area contributed by atoms with E-state index >= 15 is 0 Å². The summed E-state index contributed by atoms with van der Waals surface area (Å²) in [5, 5.41) is 2.86. The second-order valence-corrected chi connectivity index (χ2v) is 6.12. The normalized spacial score (nSPS) is 16.7. The van der Waals surface area contributed by atoms with Gasteiger partial charge >= 0.3 is 6.18 Å². The van der Waals surface area contributed by atoms with Gasteiger partial charge in [0.15, 0.2) is 0 Å². The van der Waals surface area contributed by atoms with Crippen molar-refractivity contribution in [2.24, 2.45) is 11.7 Å². The zero-order chi connectivity index (χ0) is 15.5. The lowest BCUT2D eigenvalue weighted by molar-refractivity contribution is -0.141. The maximum atomic E-state index is 12.7. The van der Waals surface area contributed by atoms with E-state index in [0.717, 1.165) is 36.5 Å². The van der Waals surface area contributed by atoms with Crippen LogP contribution in [0.15, 0.2) is 12.1 Å². The van der Waals surface area contributed by atoms with E-state index < -0.39 is 17.8 Å². The van der Waals surface area contributed by atoms with Gasteiger partial charge in [-0.25, -0.2) is 4.98 Å². The predicted octanol–water partition coefficient (Wildman–Crippen LogP) is 2.75. The van der Waals surface area contributed by atoms with Crippen LogP contribution in [0.3, 0.4) is 0 Å². The number of carbonyl (C=O) groups excluding carboxylic acids is 1. The molecule has 0 aliphatic carbocycles. The van der Waals surface area contributed by atoms with Crippen LogP contribution in [-0.2, 0) is 6.18 Å². The molecule has 0 saturated carbocycles. The number of nitrogens with one attached hydrogen (secondary N) is 1. The minimum absolute atomic E-state index is 0.0202. The van der Waals surface area contributed by atoms with Crippen molar-refractivity contribution < 1.29 is 18.0 Å². The summed E-state index contributed by atoms with van der Waals surface area (Å²) in [4.78, 5) is 14.8. The molecule has 2 rings (SSSR count). The van der Waals surface area contributed by atoms with Crippen molar-refractivity contribution in [1.82, 2.24) is 4.98 Å². The fourth-order valence-corrected chi connectivity index (χ4v) is 3.35.